The highest BCUT2D eigenvalue weighted by atomic mass is 16.7. The van der Waals surface area contributed by atoms with Crippen LogP contribution in [0.2, 0.25) is 0 Å². The fourth-order valence-corrected chi connectivity index (χ4v) is 1.46. The van der Waals surface area contributed by atoms with E-state index in [4.69, 9.17) is 4.84 Å². The molecule has 3 rings (SSSR count). The number of fused-ring (bicyclic) bond motifs is 2. The maximum Gasteiger partial charge on any atom is 0.0975 e. The van der Waals surface area contributed by atoms with E-state index < -0.39 is 0 Å². The van der Waals surface area contributed by atoms with Gasteiger partial charge in [0, 0.05) is 7.05 Å². The van der Waals surface area contributed by atoms with Gasteiger partial charge in [0.05, 0.1) is 12.1 Å². The lowest BCUT2D eigenvalue weighted by Crippen LogP contribution is -2.42. The second-order valence-electron chi connectivity index (χ2n) is 2.72. The summed E-state index contributed by atoms with van der Waals surface area (Å²) in [7, 11) is 2.00. The van der Waals surface area contributed by atoms with E-state index >= 15 is 0 Å². The summed E-state index contributed by atoms with van der Waals surface area (Å²) in [5, 5.41) is 1.95. The van der Waals surface area contributed by atoms with E-state index in [0.717, 1.165) is 0 Å². The van der Waals surface area contributed by atoms with E-state index in [1.807, 2.05) is 12.1 Å². The van der Waals surface area contributed by atoms with Crippen molar-refractivity contribution in [3.05, 3.63) is 12.2 Å². The molecule has 50 valence electrons. The zero-order valence-electron chi connectivity index (χ0n) is 5.58. The SMILES string of the molecule is CN1OC2C=CC1CC2. The molecule has 1 saturated heterocycles. The van der Waals surface area contributed by atoms with Gasteiger partial charge in [0.15, 0.2) is 0 Å². The van der Waals surface area contributed by atoms with Crippen LogP contribution in [-0.2, 0) is 4.84 Å². The summed E-state index contributed by atoms with van der Waals surface area (Å²) in [6.45, 7) is 0. The van der Waals surface area contributed by atoms with E-state index in [9.17, 15) is 0 Å². The van der Waals surface area contributed by atoms with Gasteiger partial charge in [0.1, 0.15) is 0 Å². The standard InChI is InChI=1S/C7H11NO/c1-8-6-2-4-7(9-8)5-3-6/h2,4,6-7H,3,5H2,1H3. The summed E-state index contributed by atoms with van der Waals surface area (Å²) in [5.74, 6) is 0. The number of hydrogen-bond donors (Lipinski definition) is 0. The first-order valence-corrected chi connectivity index (χ1v) is 3.44. The Hall–Kier alpha value is -0.340. The molecule has 2 nitrogen and oxygen atoms in total. The molecule has 0 saturated carbocycles. The molecular formula is C7H11NO. The second-order valence-corrected chi connectivity index (χ2v) is 2.72. The van der Waals surface area contributed by atoms with Crippen LogP contribution < -0.4 is 0 Å². The predicted molar refractivity (Wildman–Crippen MR) is 34.8 cm³/mol. The molecule has 3 aliphatic rings. The van der Waals surface area contributed by atoms with Gasteiger partial charge >= 0.3 is 0 Å². The maximum atomic E-state index is 5.43. The zero-order chi connectivity index (χ0) is 6.27. The molecule has 0 radical (unpaired) electrons. The van der Waals surface area contributed by atoms with Gasteiger partial charge in [0.25, 0.3) is 0 Å². The van der Waals surface area contributed by atoms with Crippen molar-refractivity contribution in [3.63, 3.8) is 0 Å². The van der Waals surface area contributed by atoms with Crippen LogP contribution in [0.4, 0.5) is 0 Å². The molecule has 0 amide bonds. The number of nitrogens with zero attached hydrogens (tertiary/aromatic N) is 1. The van der Waals surface area contributed by atoms with Crippen molar-refractivity contribution in [3.8, 4) is 0 Å². The van der Waals surface area contributed by atoms with Gasteiger partial charge in [-0.1, -0.05) is 12.2 Å². The van der Waals surface area contributed by atoms with Gasteiger partial charge in [-0.05, 0) is 12.8 Å². The summed E-state index contributed by atoms with van der Waals surface area (Å²) in [6.07, 6.45) is 7.23. The topological polar surface area (TPSA) is 12.5 Å². The third-order valence-corrected chi connectivity index (χ3v) is 2.06. The van der Waals surface area contributed by atoms with E-state index in [-0.39, 0.29) is 0 Å². The molecule has 0 N–H and O–H groups in total. The first-order valence-electron chi connectivity index (χ1n) is 3.44. The Morgan fingerprint density at radius 2 is 2.33 bits per heavy atom. The highest BCUT2D eigenvalue weighted by Crippen LogP contribution is 2.25. The Balaban J connectivity index is 2.20. The molecule has 0 aromatic heterocycles. The van der Waals surface area contributed by atoms with E-state index in [2.05, 4.69) is 12.2 Å². The summed E-state index contributed by atoms with van der Waals surface area (Å²) in [4.78, 5) is 5.43. The van der Waals surface area contributed by atoms with Crippen LogP contribution in [0.15, 0.2) is 12.2 Å². The van der Waals surface area contributed by atoms with Crippen LogP contribution in [0.3, 0.4) is 0 Å². The maximum absolute atomic E-state index is 5.43. The quantitative estimate of drug-likeness (QED) is 0.447. The molecule has 2 heteroatoms. The van der Waals surface area contributed by atoms with E-state index in [1.54, 1.807) is 0 Å². The minimum absolute atomic E-state index is 0.375. The molecule has 0 aromatic rings. The van der Waals surface area contributed by atoms with Crippen LogP contribution in [0.25, 0.3) is 0 Å². The molecule has 1 aliphatic carbocycles. The lowest BCUT2D eigenvalue weighted by molar-refractivity contribution is -0.217. The minimum atomic E-state index is 0.375. The fourth-order valence-electron chi connectivity index (χ4n) is 1.46. The summed E-state index contributed by atoms with van der Waals surface area (Å²) in [5.41, 5.74) is 0. The number of likely N-dealkylation sites (N-methyl/N-ethyl adjacent to an activating group) is 1. The summed E-state index contributed by atoms with van der Waals surface area (Å²) in [6, 6.07) is 0.551. The van der Waals surface area contributed by atoms with Crippen molar-refractivity contribution in [2.75, 3.05) is 7.05 Å². The highest BCUT2D eigenvalue weighted by molar-refractivity contribution is 5.05. The van der Waals surface area contributed by atoms with Crippen molar-refractivity contribution in [1.82, 2.24) is 5.06 Å². The minimum Gasteiger partial charge on any atom is -0.291 e. The Morgan fingerprint density at radius 1 is 1.44 bits per heavy atom. The largest absolute Gasteiger partial charge is 0.291 e. The molecule has 0 spiro atoms. The third-order valence-electron chi connectivity index (χ3n) is 2.06. The molecule has 2 aliphatic heterocycles. The summed E-state index contributed by atoms with van der Waals surface area (Å²) >= 11 is 0. The molecule has 9 heavy (non-hydrogen) atoms. The molecule has 1 fully saturated rings. The van der Waals surface area contributed by atoms with Crippen LogP contribution in [0, 0.1) is 0 Å². The summed E-state index contributed by atoms with van der Waals surface area (Å²) < 4.78 is 0. The lowest BCUT2D eigenvalue weighted by atomic mass is 9.99. The van der Waals surface area contributed by atoms with Crippen molar-refractivity contribution < 1.29 is 4.84 Å². The first kappa shape index (κ1) is 5.45. The predicted octanol–water partition coefficient (Wildman–Crippen LogP) is 0.951. The Morgan fingerprint density at radius 3 is 2.56 bits per heavy atom. The number of hydrogen-bond acceptors (Lipinski definition) is 2. The Kier molecular flexibility index (Phi) is 1.10. The number of rotatable bonds is 0. The van der Waals surface area contributed by atoms with Crippen molar-refractivity contribution in [2.24, 2.45) is 0 Å². The highest BCUT2D eigenvalue weighted by Gasteiger charge is 2.27. The molecule has 0 aromatic carbocycles. The Bertz CT molecular complexity index is 144. The molecule has 2 unspecified atom stereocenters. The lowest BCUT2D eigenvalue weighted by Gasteiger charge is -2.38. The number of hydroxylamine groups is 2. The van der Waals surface area contributed by atoms with E-state index in [0.29, 0.717) is 12.1 Å². The van der Waals surface area contributed by atoms with Crippen LogP contribution in [0.1, 0.15) is 12.8 Å². The normalized spacial score (nSPS) is 41.9. The molecule has 2 heterocycles. The smallest absolute Gasteiger partial charge is 0.0975 e. The zero-order valence-corrected chi connectivity index (χ0v) is 5.58. The van der Waals surface area contributed by atoms with Crippen molar-refractivity contribution in [1.29, 1.82) is 0 Å². The van der Waals surface area contributed by atoms with Gasteiger partial charge in [-0.2, -0.15) is 5.06 Å². The average molecular weight is 125 g/mol. The molecule has 2 bridgehead atoms. The van der Waals surface area contributed by atoms with Gasteiger partial charge in [0.2, 0.25) is 0 Å². The van der Waals surface area contributed by atoms with E-state index in [1.165, 1.54) is 12.8 Å². The van der Waals surface area contributed by atoms with Crippen molar-refractivity contribution >= 4 is 0 Å². The third kappa shape index (κ3) is 0.787. The molecule has 2 atom stereocenters. The fraction of sp³-hybridized carbons (Fsp3) is 0.714. The monoisotopic (exact) mass is 125 g/mol. The van der Waals surface area contributed by atoms with Gasteiger partial charge < -0.3 is 0 Å². The van der Waals surface area contributed by atoms with Crippen LogP contribution in [0.5, 0.6) is 0 Å². The van der Waals surface area contributed by atoms with Crippen LogP contribution in [-0.4, -0.2) is 24.3 Å². The molecular weight excluding hydrogens is 114 g/mol. The Labute approximate surface area is 55.1 Å². The second kappa shape index (κ2) is 1.82. The van der Waals surface area contributed by atoms with Gasteiger partial charge in [-0.25, -0.2) is 0 Å². The van der Waals surface area contributed by atoms with Crippen molar-refractivity contribution in [2.45, 2.75) is 25.0 Å². The average Bonchev–Trinajstić information content (AvgIpc) is 1.90. The first-order chi connectivity index (χ1) is 4.36. The van der Waals surface area contributed by atoms with Gasteiger partial charge in [-0.3, -0.25) is 4.84 Å². The van der Waals surface area contributed by atoms with Gasteiger partial charge in [-0.15, -0.1) is 0 Å². The van der Waals surface area contributed by atoms with Crippen LogP contribution >= 0.6 is 0 Å².